The average Bonchev–Trinajstić information content (AvgIpc) is 2.28. The minimum Gasteiger partial charge on any atom is -0.516 e. The molecule has 1 rings (SSSR count). The molecule has 84 valence electrons. The second-order valence-corrected chi connectivity index (χ2v) is 3.29. The fourth-order valence-corrected chi connectivity index (χ4v) is 1.05. The molecule has 3 heteroatoms. The molecule has 0 spiro atoms. The number of aromatic nitrogens is 1. The van der Waals surface area contributed by atoms with Crippen LogP contribution >= 0.6 is 0 Å². The fourth-order valence-electron chi connectivity index (χ4n) is 1.05. The molecule has 1 aromatic heterocycles. The summed E-state index contributed by atoms with van der Waals surface area (Å²) >= 11 is 0. The van der Waals surface area contributed by atoms with Gasteiger partial charge in [-0.1, -0.05) is 6.08 Å². The van der Waals surface area contributed by atoms with Crippen LogP contribution in [0.15, 0.2) is 60.3 Å². The van der Waals surface area contributed by atoms with E-state index in [4.69, 9.17) is 9.84 Å². The maximum atomic E-state index is 8.56. The van der Waals surface area contributed by atoms with Crippen LogP contribution in [-0.2, 0) is 0 Å². The van der Waals surface area contributed by atoms with Gasteiger partial charge in [0.2, 0.25) is 0 Å². The highest BCUT2D eigenvalue weighted by Crippen LogP contribution is 2.11. The molecular formula is C13H15NO2. The summed E-state index contributed by atoms with van der Waals surface area (Å²) in [6.07, 6.45) is 9.66. The zero-order valence-electron chi connectivity index (χ0n) is 9.42. The molecule has 1 N–H and O–H groups in total. The highest BCUT2D eigenvalue weighted by atomic mass is 16.5. The SMILES string of the molecule is CC(=C/C=C(\C)Oc1cccnc1)/C=C/O. The number of nitrogens with zero attached hydrogens (tertiary/aromatic N) is 1. The fraction of sp³-hybridized carbons (Fsp3) is 0.154. The van der Waals surface area contributed by atoms with Gasteiger partial charge in [-0.2, -0.15) is 0 Å². The predicted octanol–water partition coefficient (Wildman–Crippen LogP) is 3.38. The molecule has 0 saturated heterocycles. The minimum absolute atomic E-state index is 0.708. The Hall–Kier alpha value is -2.03. The summed E-state index contributed by atoms with van der Waals surface area (Å²) in [5, 5.41) is 8.56. The molecule has 0 aliphatic heterocycles. The van der Waals surface area contributed by atoms with E-state index in [1.807, 2.05) is 38.1 Å². The van der Waals surface area contributed by atoms with Crippen LogP contribution in [0.5, 0.6) is 5.75 Å². The van der Waals surface area contributed by atoms with E-state index in [9.17, 15) is 0 Å². The minimum atomic E-state index is 0.708. The first-order valence-corrected chi connectivity index (χ1v) is 4.96. The number of aliphatic hydroxyl groups is 1. The van der Waals surface area contributed by atoms with Crippen molar-refractivity contribution >= 4 is 0 Å². The Morgan fingerprint density at radius 2 is 2.19 bits per heavy atom. The van der Waals surface area contributed by atoms with E-state index in [1.54, 1.807) is 18.5 Å². The van der Waals surface area contributed by atoms with Crippen molar-refractivity contribution in [3.05, 3.63) is 60.3 Å². The van der Waals surface area contributed by atoms with Gasteiger partial charge in [0, 0.05) is 6.20 Å². The van der Waals surface area contributed by atoms with Crippen molar-refractivity contribution in [3.63, 3.8) is 0 Å². The Kier molecular flexibility index (Phi) is 4.86. The van der Waals surface area contributed by atoms with Crippen LogP contribution in [0.2, 0.25) is 0 Å². The van der Waals surface area contributed by atoms with Crippen molar-refractivity contribution in [1.82, 2.24) is 4.98 Å². The van der Waals surface area contributed by atoms with Crippen LogP contribution in [0.4, 0.5) is 0 Å². The van der Waals surface area contributed by atoms with Crippen molar-refractivity contribution in [2.75, 3.05) is 0 Å². The Balaban J connectivity index is 2.62. The van der Waals surface area contributed by atoms with E-state index >= 15 is 0 Å². The number of pyridine rings is 1. The monoisotopic (exact) mass is 217 g/mol. The number of hydrogen-bond acceptors (Lipinski definition) is 3. The van der Waals surface area contributed by atoms with Crippen LogP contribution < -0.4 is 4.74 Å². The summed E-state index contributed by atoms with van der Waals surface area (Å²) in [5.74, 6) is 1.47. The third-order valence-corrected chi connectivity index (χ3v) is 1.83. The van der Waals surface area contributed by atoms with Crippen LogP contribution in [0.25, 0.3) is 0 Å². The summed E-state index contributed by atoms with van der Waals surface area (Å²) in [4.78, 5) is 3.95. The number of rotatable bonds is 4. The Bertz CT molecular complexity index is 405. The normalized spacial score (nSPS) is 13.1. The summed E-state index contributed by atoms with van der Waals surface area (Å²) in [7, 11) is 0. The van der Waals surface area contributed by atoms with Gasteiger partial charge in [-0.15, -0.1) is 0 Å². The van der Waals surface area contributed by atoms with Crippen LogP contribution in [0, 0.1) is 0 Å². The topological polar surface area (TPSA) is 42.4 Å². The molecule has 0 unspecified atom stereocenters. The van der Waals surface area contributed by atoms with E-state index in [2.05, 4.69) is 4.98 Å². The zero-order chi connectivity index (χ0) is 11.8. The Labute approximate surface area is 95.4 Å². The van der Waals surface area contributed by atoms with Crippen molar-refractivity contribution in [2.45, 2.75) is 13.8 Å². The number of ether oxygens (including phenoxy) is 1. The van der Waals surface area contributed by atoms with Crippen molar-refractivity contribution in [1.29, 1.82) is 0 Å². The van der Waals surface area contributed by atoms with E-state index in [-0.39, 0.29) is 0 Å². The Morgan fingerprint density at radius 1 is 1.38 bits per heavy atom. The van der Waals surface area contributed by atoms with Crippen LogP contribution in [0.1, 0.15) is 13.8 Å². The molecule has 0 bridgehead atoms. The highest BCUT2D eigenvalue weighted by molar-refractivity contribution is 5.24. The third-order valence-electron chi connectivity index (χ3n) is 1.83. The first kappa shape index (κ1) is 12.0. The van der Waals surface area contributed by atoms with E-state index in [0.29, 0.717) is 5.75 Å². The molecule has 16 heavy (non-hydrogen) atoms. The van der Waals surface area contributed by atoms with E-state index < -0.39 is 0 Å². The number of hydrogen-bond donors (Lipinski definition) is 1. The molecular weight excluding hydrogens is 202 g/mol. The summed E-state index contributed by atoms with van der Waals surface area (Å²) in [6.45, 7) is 3.75. The first-order chi connectivity index (χ1) is 7.72. The molecule has 0 atom stereocenters. The van der Waals surface area contributed by atoms with Gasteiger partial charge in [-0.05, 0) is 43.7 Å². The van der Waals surface area contributed by atoms with Crippen LogP contribution in [0.3, 0.4) is 0 Å². The quantitative estimate of drug-likeness (QED) is 0.621. The first-order valence-electron chi connectivity index (χ1n) is 4.96. The maximum absolute atomic E-state index is 8.56. The van der Waals surface area contributed by atoms with Gasteiger partial charge in [0.05, 0.1) is 12.5 Å². The summed E-state index contributed by atoms with van der Waals surface area (Å²) in [6, 6.07) is 3.66. The van der Waals surface area contributed by atoms with Gasteiger partial charge in [0.25, 0.3) is 0 Å². The maximum Gasteiger partial charge on any atom is 0.145 e. The van der Waals surface area contributed by atoms with E-state index in [1.165, 1.54) is 0 Å². The average molecular weight is 217 g/mol. The predicted molar refractivity (Wildman–Crippen MR) is 64.1 cm³/mol. The summed E-state index contributed by atoms with van der Waals surface area (Å²) in [5.41, 5.74) is 0.941. The lowest BCUT2D eigenvalue weighted by molar-refractivity contribution is 0.426. The van der Waals surface area contributed by atoms with Gasteiger partial charge in [0.1, 0.15) is 11.5 Å². The molecule has 0 aliphatic rings. The lowest BCUT2D eigenvalue weighted by Crippen LogP contribution is -1.90. The lowest BCUT2D eigenvalue weighted by Gasteiger charge is -2.03. The van der Waals surface area contributed by atoms with Crippen molar-refractivity contribution in [2.24, 2.45) is 0 Å². The molecule has 1 aromatic rings. The second kappa shape index (κ2) is 6.45. The molecule has 0 fully saturated rings. The molecule has 1 heterocycles. The van der Waals surface area contributed by atoms with Gasteiger partial charge in [0.15, 0.2) is 0 Å². The molecule has 0 aromatic carbocycles. The van der Waals surface area contributed by atoms with Gasteiger partial charge < -0.3 is 9.84 Å². The number of allylic oxidation sites excluding steroid dienone is 5. The van der Waals surface area contributed by atoms with Crippen molar-refractivity contribution in [3.8, 4) is 5.75 Å². The molecule has 0 radical (unpaired) electrons. The van der Waals surface area contributed by atoms with Gasteiger partial charge in [-0.25, -0.2) is 0 Å². The smallest absolute Gasteiger partial charge is 0.145 e. The number of aliphatic hydroxyl groups excluding tert-OH is 1. The summed E-state index contributed by atoms with van der Waals surface area (Å²) < 4.78 is 5.51. The van der Waals surface area contributed by atoms with Gasteiger partial charge >= 0.3 is 0 Å². The molecule has 0 saturated carbocycles. The van der Waals surface area contributed by atoms with E-state index in [0.717, 1.165) is 17.6 Å². The molecule has 3 nitrogen and oxygen atoms in total. The standard InChI is InChI=1S/C13H15NO2/c1-11(7-9-15)5-6-12(2)16-13-4-3-8-14-10-13/h3-10,15H,1-2H3/b9-7+,11-5-,12-6+. The molecule has 0 amide bonds. The second-order valence-electron chi connectivity index (χ2n) is 3.29. The Morgan fingerprint density at radius 3 is 2.81 bits per heavy atom. The van der Waals surface area contributed by atoms with Crippen LogP contribution in [-0.4, -0.2) is 10.1 Å². The highest BCUT2D eigenvalue weighted by Gasteiger charge is 1.92. The lowest BCUT2D eigenvalue weighted by atomic mass is 10.2. The van der Waals surface area contributed by atoms with Crippen molar-refractivity contribution < 1.29 is 9.84 Å². The van der Waals surface area contributed by atoms with Gasteiger partial charge in [-0.3, -0.25) is 4.98 Å². The molecule has 0 aliphatic carbocycles. The zero-order valence-corrected chi connectivity index (χ0v) is 9.42. The third kappa shape index (κ3) is 4.46. The largest absolute Gasteiger partial charge is 0.516 e.